The first-order chi connectivity index (χ1) is 4.66. The molecule has 0 aliphatic rings. The quantitative estimate of drug-likeness (QED) is 0.520. The van der Waals surface area contributed by atoms with Gasteiger partial charge in [-0.3, -0.25) is 0 Å². The van der Waals surface area contributed by atoms with Gasteiger partial charge in [0.15, 0.2) is 0 Å². The first kappa shape index (κ1) is 9.48. The molecule has 0 amide bonds. The zero-order valence-corrected chi connectivity index (χ0v) is 7.41. The second-order valence-electron chi connectivity index (χ2n) is 2.96. The van der Waals surface area contributed by atoms with E-state index < -0.39 is 0 Å². The van der Waals surface area contributed by atoms with Crippen molar-refractivity contribution in [2.45, 2.75) is 40.0 Å². The molecule has 0 saturated carbocycles. The van der Waals surface area contributed by atoms with Crippen LogP contribution in [0.2, 0.25) is 0 Å². The first-order valence-electron chi connectivity index (χ1n) is 3.96. The van der Waals surface area contributed by atoms with Gasteiger partial charge in [-0.1, -0.05) is 37.1 Å². The minimum absolute atomic E-state index is 1.05. The lowest BCUT2D eigenvalue weighted by Gasteiger charge is -1.96. The maximum atomic E-state index is 3.84. The van der Waals surface area contributed by atoms with Crippen molar-refractivity contribution in [2.24, 2.45) is 0 Å². The molecule has 0 aliphatic carbocycles. The molecular weight excluding hydrogens is 120 g/mol. The molecule has 0 spiro atoms. The molecule has 0 aromatic carbocycles. The minimum Gasteiger partial charge on any atom is -0.0998 e. The summed E-state index contributed by atoms with van der Waals surface area (Å²) in [6, 6.07) is 0. The van der Waals surface area contributed by atoms with Crippen molar-refractivity contribution in [1.82, 2.24) is 0 Å². The average molecular weight is 138 g/mol. The Morgan fingerprint density at radius 3 is 2.40 bits per heavy atom. The Labute approximate surface area is 64.6 Å². The Bertz CT molecular complexity index is 129. The zero-order valence-electron chi connectivity index (χ0n) is 7.41. The van der Waals surface area contributed by atoms with E-state index in [-0.39, 0.29) is 0 Å². The van der Waals surface area contributed by atoms with E-state index in [1.54, 1.807) is 0 Å². The second kappa shape index (κ2) is 5.28. The largest absolute Gasteiger partial charge is 0.0998 e. The Morgan fingerprint density at radius 1 is 1.40 bits per heavy atom. The molecule has 0 aliphatic heterocycles. The van der Waals surface area contributed by atoms with Crippen LogP contribution in [-0.4, -0.2) is 0 Å². The number of hydrogen-bond acceptors (Lipinski definition) is 0. The lowest BCUT2D eigenvalue weighted by atomic mass is 10.1. The van der Waals surface area contributed by atoms with E-state index in [4.69, 9.17) is 0 Å². The molecular formula is C10H18. The van der Waals surface area contributed by atoms with E-state index in [9.17, 15) is 0 Å². The third kappa shape index (κ3) is 5.61. The molecule has 0 rings (SSSR count). The van der Waals surface area contributed by atoms with E-state index >= 15 is 0 Å². The Hall–Kier alpha value is -0.520. The molecule has 0 atom stereocenters. The van der Waals surface area contributed by atoms with Crippen LogP contribution in [0.3, 0.4) is 0 Å². The van der Waals surface area contributed by atoms with Gasteiger partial charge in [-0.05, 0) is 26.7 Å². The fourth-order valence-electron chi connectivity index (χ4n) is 0.845. The summed E-state index contributed by atoms with van der Waals surface area (Å²) in [5.41, 5.74) is 2.74. The highest BCUT2D eigenvalue weighted by atomic mass is 13.9. The fourth-order valence-corrected chi connectivity index (χ4v) is 0.845. The molecule has 58 valence electrons. The van der Waals surface area contributed by atoms with Crippen molar-refractivity contribution in [2.75, 3.05) is 0 Å². The van der Waals surface area contributed by atoms with Crippen LogP contribution in [0.4, 0.5) is 0 Å². The number of hydrogen-bond donors (Lipinski definition) is 0. The van der Waals surface area contributed by atoms with Gasteiger partial charge in [0.1, 0.15) is 0 Å². The van der Waals surface area contributed by atoms with Gasteiger partial charge in [-0.2, -0.15) is 0 Å². The van der Waals surface area contributed by atoms with Crippen molar-refractivity contribution in [3.05, 3.63) is 23.8 Å². The van der Waals surface area contributed by atoms with Gasteiger partial charge in [0, 0.05) is 0 Å². The molecule has 0 N–H and O–H groups in total. The van der Waals surface area contributed by atoms with Crippen LogP contribution in [0.1, 0.15) is 40.0 Å². The van der Waals surface area contributed by atoms with Crippen LogP contribution in [0.5, 0.6) is 0 Å². The summed E-state index contributed by atoms with van der Waals surface area (Å²) in [5, 5.41) is 0. The van der Waals surface area contributed by atoms with Gasteiger partial charge in [0.2, 0.25) is 0 Å². The third-order valence-corrected chi connectivity index (χ3v) is 1.44. The normalized spacial score (nSPS) is 11.7. The topological polar surface area (TPSA) is 0 Å². The molecule has 0 unspecified atom stereocenters. The summed E-state index contributed by atoms with van der Waals surface area (Å²) < 4.78 is 0. The highest BCUT2D eigenvalue weighted by Gasteiger charge is 1.86. The monoisotopic (exact) mass is 138 g/mol. The molecule has 0 radical (unpaired) electrons. The number of allylic oxidation sites excluding steroid dienone is 3. The van der Waals surface area contributed by atoms with E-state index in [1.165, 1.54) is 24.0 Å². The Morgan fingerprint density at radius 2 is 2.00 bits per heavy atom. The van der Waals surface area contributed by atoms with Crippen molar-refractivity contribution >= 4 is 0 Å². The van der Waals surface area contributed by atoms with E-state index in [0.717, 1.165) is 6.42 Å². The zero-order chi connectivity index (χ0) is 7.98. The van der Waals surface area contributed by atoms with Gasteiger partial charge >= 0.3 is 0 Å². The van der Waals surface area contributed by atoms with E-state index in [0.29, 0.717) is 0 Å². The fraction of sp³-hybridized carbons (Fsp3) is 0.600. The van der Waals surface area contributed by atoms with Crippen molar-refractivity contribution in [3.63, 3.8) is 0 Å². The summed E-state index contributed by atoms with van der Waals surface area (Å²) >= 11 is 0. The van der Waals surface area contributed by atoms with Crippen molar-refractivity contribution in [3.8, 4) is 0 Å². The molecule has 10 heavy (non-hydrogen) atoms. The van der Waals surface area contributed by atoms with Crippen LogP contribution >= 0.6 is 0 Å². The lowest BCUT2D eigenvalue weighted by Crippen LogP contribution is -1.76. The molecule has 0 aromatic rings. The van der Waals surface area contributed by atoms with Gasteiger partial charge in [0.05, 0.1) is 0 Å². The maximum absolute atomic E-state index is 3.84. The van der Waals surface area contributed by atoms with Gasteiger partial charge in [-0.25, -0.2) is 0 Å². The van der Waals surface area contributed by atoms with Gasteiger partial charge in [0.25, 0.3) is 0 Å². The minimum atomic E-state index is 1.05. The summed E-state index contributed by atoms with van der Waals surface area (Å²) in [7, 11) is 0. The second-order valence-corrected chi connectivity index (χ2v) is 2.96. The van der Waals surface area contributed by atoms with Crippen LogP contribution < -0.4 is 0 Å². The third-order valence-electron chi connectivity index (χ3n) is 1.44. The average Bonchev–Trinajstić information content (AvgIpc) is 1.85. The van der Waals surface area contributed by atoms with E-state index in [1.807, 2.05) is 0 Å². The SMILES string of the molecule is C=C(C)C/C=C(/C)CCC. The van der Waals surface area contributed by atoms with Crippen LogP contribution in [0.25, 0.3) is 0 Å². The molecule has 0 aromatic heterocycles. The predicted molar refractivity (Wildman–Crippen MR) is 48.1 cm³/mol. The summed E-state index contributed by atoms with van der Waals surface area (Å²) in [6.07, 6.45) is 5.80. The smallest absolute Gasteiger partial charge is 0.0142 e. The standard InChI is InChI=1S/C10H18/c1-5-6-10(4)8-7-9(2)3/h8H,2,5-7H2,1,3-4H3/b10-8-. The van der Waals surface area contributed by atoms with Gasteiger partial charge in [-0.15, -0.1) is 0 Å². The predicted octanol–water partition coefficient (Wildman–Crippen LogP) is 3.70. The molecule has 0 heteroatoms. The first-order valence-corrected chi connectivity index (χ1v) is 3.96. The van der Waals surface area contributed by atoms with Crippen LogP contribution in [0.15, 0.2) is 23.8 Å². The van der Waals surface area contributed by atoms with Crippen LogP contribution in [0, 0.1) is 0 Å². The Balaban J connectivity index is 3.57. The summed E-state index contributed by atoms with van der Waals surface area (Å²) in [6.45, 7) is 10.3. The molecule has 0 saturated heterocycles. The highest BCUT2D eigenvalue weighted by molar-refractivity contribution is 5.05. The number of rotatable bonds is 4. The van der Waals surface area contributed by atoms with Crippen molar-refractivity contribution in [1.29, 1.82) is 0 Å². The lowest BCUT2D eigenvalue weighted by molar-refractivity contribution is 0.897. The molecule has 0 fully saturated rings. The summed E-state index contributed by atoms with van der Waals surface area (Å²) in [4.78, 5) is 0. The van der Waals surface area contributed by atoms with Crippen molar-refractivity contribution < 1.29 is 0 Å². The Kier molecular flexibility index (Phi) is 5.00. The maximum Gasteiger partial charge on any atom is -0.0142 e. The highest BCUT2D eigenvalue weighted by Crippen LogP contribution is 2.06. The molecule has 0 bridgehead atoms. The molecule has 0 heterocycles. The van der Waals surface area contributed by atoms with Crippen LogP contribution in [-0.2, 0) is 0 Å². The van der Waals surface area contributed by atoms with Gasteiger partial charge < -0.3 is 0 Å². The van der Waals surface area contributed by atoms with E-state index in [2.05, 4.69) is 33.4 Å². The summed E-state index contributed by atoms with van der Waals surface area (Å²) in [5.74, 6) is 0. The molecule has 0 nitrogen and oxygen atoms in total.